The molecule has 7 heteroatoms. The molecule has 0 spiro atoms. The van der Waals surface area contributed by atoms with E-state index in [0.29, 0.717) is 17.5 Å². The molecule has 0 atom stereocenters. The van der Waals surface area contributed by atoms with Gasteiger partial charge in [0.05, 0.1) is 17.7 Å². The number of carboxylic acids is 1. The molecule has 1 aromatic heterocycles. The van der Waals surface area contributed by atoms with E-state index >= 15 is 0 Å². The highest BCUT2D eigenvalue weighted by Crippen LogP contribution is 2.23. The number of hydrogen-bond acceptors (Lipinski definition) is 5. The third kappa shape index (κ3) is 3.16. The second kappa shape index (κ2) is 5.75. The predicted molar refractivity (Wildman–Crippen MR) is 75.0 cm³/mol. The second-order valence-corrected chi connectivity index (χ2v) is 4.41. The average molecular weight is 294 g/mol. The van der Waals surface area contributed by atoms with Crippen molar-refractivity contribution in [1.82, 2.24) is 9.97 Å². The molecule has 0 unspecified atom stereocenters. The van der Waals surface area contributed by atoms with Crippen LogP contribution in [0.25, 0.3) is 0 Å². The van der Waals surface area contributed by atoms with Gasteiger partial charge in [0.15, 0.2) is 0 Å². The van der Waals surface area contributed by atoms with Gasteiger partial charge < -0.3 is 15.2 Å². The fourth-order valence-electron chi connectivity index (χ4n) is 1.60. The highest BCUT2D eigenvalue weighted by atomic mass is 35.5. The summed E-state index contributed by atoms with van der Waals surface area (Å²) >= 11 is 5.81. The normalized spacial score (nSPS) is 10.2. The zero-order chi connectivity index (χ0) is 14.7. The lowest BCUT2D eigenvalue weighted by molar-refractivity contribution is 0.0697. The zero-order valence-corrected chi connectivity index (χ0v) is 11.6. The van der Waals surface area contributed by atoms with Crippen LogP contribution in [0.2, 0.25) is 5.02 Å². The van der Waals surface area contributed by atoms with Crippen molar-refractivity contribution in [2.75, 3.05) is 12.4 Å². The first-order valence-corrected chi connectivity index (χ1v) is 6.07. The van der Waals surface area contributed by atoms with E-state index < -0.39 is 5.97 Å². The Morgan fingerprint density at radius 2 is 2.10 bits per heavy atom. The Morgan fingerprint density at radius 1 is 1.35 bits per heavy atom. The monoisotopic (exact) mass is 293 g/mol. The van der Waals surface area contributed by atoms with Crippen LogP contribution < -0.4 is 10.1 Å². The topological polar surface area (TPSA) is 84.3 Å². The van der Waals surface area contributed by atoms with Crippen molar-refractivity contribution in [3.8, 4) is 5.88 Å². The van der Waals surface area contributed by atoms with E-state index in [9.17, 15) is 4.79 Å². The molecule has 1 heterocycles. The molecular weight excluding hydrogens is 282 g/mol. The maximum Gasteiger partial charge on any atom is 0.337 e. The summed E-state index contributed by atoms with van der Waals surface area (Å²) in [5.41, 5.74) is 1.27. The number of aromatic carboxylic acids is 1. The molecule has 104 valence electrons. The first kappa shape index (κ1) is 14.1. The van der Waals surface area contributed by atoms with Crippen molar-refractivity contribution in [2.24, 2.45) is 0 Å². The second-order valence-electron chi connectivity index (χ2n) is 4.00. The van der Waals surface area contributed by atoms with Gasteiger partial charge in [0.2, 0.25) is 11.8 Å². The summed E-state index contributed by atoms with van der Waals surface area (Å²) in [6.45, 7) is 1.81. The van der Waals surface area contributed by atoms with Gasteiger partial charge in [0.25, 0.3) is 0 Å². The van der Waals surface area contributed by atoms with Gasteiger partial charge in [-0.25, -0.2) is 9.78 Å². The van der Waals surface area contributed by atoms with Crippen LogP contribution in [0.1, 0.15) is 16.1 Å². The number of benzene rings is 1. The molecule has 0 fully saturated rings. The summed E-state index contributed by atoms with van der Waals surface area (Å²) in [5, 5.41) is 12.1. The van der Waals surface area contributed by atoms with Crippen molar-refractivity contribution in [1.29, 1.82) is 0 Å². The molecule has 2 N–H and O–H groups in total. The fourth-order valence-corrected chi connectivity index (χ4v) is 1.79. The summed E-state index contributed by atoms with van der Waals surface area (Å²) in [7, 11) is 1.51. The van der Waals surface area contributed by atoms with Crippen molar-refractivity contribution < 1.29 is 14.6 Å². The summed E-state index contributed by atoms with van der Waals surface area (Å²) in [6.07, 6.45) is 0. The van der Waals surface area contributed by atoms with E-state index in [1.54, 1.807) is 19.1 Å². The minimum atomic E-state index is -1.10. The number of hydrogen-bond donors (Lipinski definition) is 2. The summed E-state index contributed by atoms with van der Waals surface area (Å²) < 4.78 is 5.05. The Balaban J connectivity index is 2.32. The number of methoxy groups -OCH3 is 1. The summed E-state index contributed by atoms with van der Waals surface area (Å²) in [5.74, 6) is -0.352. The zero-order valence-electron chi connectivity index (χ0n) is 10.8. The number of nitrogens with zero attached hydrogens (tertiary/aromatic N) is 2. The number of nitrogens with one attached hydrogen (secondary N) is 1. The van der Waals surface area contributed by atoms with Gasteiger partial charge in [-0.1, -0.05) is 11.6 Å². The molecule has 0 radical (unpaired) electrons. The molecule has 1 aromatic carbocycles. The van der Waals surface area contributed by atoms with Crippen LogP contribution in [-0.2, 0) is 0 Å². The van der Waals surface area contributed by atoms with E-state index in [0.717, 1.165) is 5.69 Å². The van der Waals surface area contributed by atoms with E-state index in [2.05, 4.69) is 15.3 Å². The van der Waals surface area contributed by atoms with E-state index in [-0.39, 0.29) is 10.6 Å². The standard InChI is InChI=1S/C13H12ClN3O3/c1-7-5-11(20-2)17-13(15-7)16-8-3-4-10(14)9(6-8)12(18)19/h3-6H,1-2H3,(H,18,19)(H,15,16,17). The van der Waals surface area contributed by atoms with Crippen LogP contribution in [0, 0.1) is 6.92 Å². The summed E-state index contributed by atoms with van der Waals surface area (Å²) in [6, 6.07) is 6.26. The first-order valence-electron chi connectivity index (χ1n) is 5.69. The molecule has 6 nitrogen and oxygen atoms in total. The minimum absolute atomic E-state index is 0.0104. The number of ether oxygens (including phenoxy) is 1. The lowest BCUT2D eigenvalue weighted by Crippen LogP contribution is -2.03. The fraction of sp³-hybridized carbons (Fsp3) is 0.154. The van der Waals surface area contributed by atoms with Crippen molar-refractivity contribution in [2.45, 2.75) is 6.92 Å². The van der Waals surface area contributed by atoms with Gasteiger partial charge in [-0.05, 0) is 25.1 Å². The van der Waals surface area contributed by atoms with Gasteiger partial charge in [-0.3, -0.25) is 0 Å². The Kier molecular flexibility index (Phi) is 4.05. The van der Waals surface area contributed by atoms with Gasteiger partial charge in [-0.15, -0.1) is 0 Å². The molecule has 2 aromatic rings. The number of rotatable bonds is 4. The van der Waals surface area contributed by atoms with Gasteiger partial charge in [-0.2, -0.15) is 4.98 Å². The number of halogens is 1. The molecule has 0 amide bonds. The third-order valence-corrected chi connectivity index (χ3v) is 2.82. The Labute approximate surface area is 120 Å². The molecule has 0 saturated carbocycles. The van der Waals surface area contributed by atoms with E-state index in [1.165, 1.54) is 19.2 Å². The number of carboxylic acid groups (broad SMARTS) is 1. The molecule has 0 aliphatic carbocycles. The van der Waals surface area contributed by atoms with Crippen molar-refractivity contribution in [3.05, 3.63) is 40.5 Å². The van der Waals surface area contributed by atoms with Gasteiger partial charge >= 0.3 is 5.97 Å². The van der Waals surface area contributed by atoms with Crippen LogP contribution in [-0.4, -0.2) is 28.2 Å². The molecule has 0 aliphatic rings. The van der Waals surface area contributed by atoms with Crippen LogP contribution in [0.3, 0.4) is 0 Å². The predicted octanol–water partition coefficient (Wildman–Crippen LogP) is 2.89. The van der Waals surface area contributed by atoms with Crippen LogP contribution in [0.15, 0.2) is 24.3 Å². The Morgan fingerprint density at radius 3 is 2.75 bits per heavy atom. The Bertz CT molecular complexity index is 661. The van der Waals surface area contributed by atoms with Gasteiger partial charge in [0, 0.05) is 17.4 Å². The van der Waals surface area contributed by atoms with Gasteiger partial charge in [0.1, 0.15) is 0 Å². The SMILES string of the molecule is COc1cc(C)nc(Nc2ccc(Cl)c(C(=O)O)c2)n1. The molecule has 0 saturated heterocycles. The first-order chi connectivity index (χ1) is 9.49. The molecule has 20 heavy (non-hydrogen) atoms. The van der Waals surface area contributed by atoms with Crippen LogP contribution >= 0.6 is 11.6 Å². The molecule has 2 rings (SSSR count). The highest BCUT2D eigenvalue weighted by molar-refractivity contribution is 6.33. The third-order valence-electron chi connectivity index (χ3n) is 2.49. The smallest absolute Gasteiger partial charge is 0.337 e. The number of aryl methyl sites for hydroxylation is 1. The maximum atomic E-state index is 11.0. The minimum Gasteiger partial charge on any atom is -0.481 e. The van der Waals surface area contributed by atoms with Crippen molar-refractivity contribution >= 4 is 29.2 Å². The molecule has 0 aliphatic heterocycles. The summed E-state index contributed by atoms with van der Waals surface area (Å²) in [4.78, 5) is 19.3. The number of anilines is 2. The number of aromatic nitrogens is 2. The highest BCUT2D eigenvalue weighted by Gasteiger charge is 2.10. The van der Waals surface area contributed by atoms with Crippen LogP contribution in [0.4, 0.5) is 11.6 Å². The number of carbonyl (C=O) groups is 1. The quantitative estimate of drug-likeness (QED) is 0.901. The largest absolute Gasteiger partial charge is 0.481 e. The van der Waals surface area contributed by atoms with Crippen molar-refractivity contribution in [3.63, 3.8) is 0 Å². The van der Waals surface area contributed by atoms with E-state index in [1.807, 2.05) is 0 Å². The molecule has 0 bridgehead atoms. The average Bonchev–Trinajstić information content (AvgIpc) is 2.40. The lowest BCUT2D eigenvalue weighted by atomic mass is 10.2. The Hall–Kier alpha value is -2.34. The maximum absolute atomic E-state index is 11.0. The molecular formula is C13H12ClN3O3. The van der Waals surface area contributed by atoms with Crippen LogP contribution in [0.5, 0.6) is 5.88 Å². The lowest BCUT2D eigenvalue weighted by Gasteiger charge is -2.08. The van der Waals surface area contributed by atoms with E-state index in [4.69, 9.17) is 21.4 Å².